The predicted molar refractivity (Wildman–Crippen MR) is 150 cm³/mol. The first-order valence-electron chi connectivity index (χ1n) is 13.4. The third-order valence-electron chi connectivity index (χ3n) is 7.36. The molecule has 0 spiro atoms. The molecular formula is C34H20F6N2O2. The van der Waals surface area contributed by atoms with Crippen LogP contribution in [0.25, 0.3) is 23.3 Å². The fourth-order valence-corrected chi connectivity index (χ4v) is 5.14. The summed E-state index contributed by atoms with van der Waals surface area (Å²) in [5.74, 6) is 0. The summed E-state index contributed by atoms with van der Waals surface area (Å²) in [7, 11) is 0. The molecule has 1 aliphatic heterocycles. The summed E-state index contributed by atoms with van der Waals surface area (Å²) in [6.07, 6.45) is -5.46. The molecule has 4 nitrogen and oxygen atoms in total. The Morgan fingerprint density at radius 3 is 1.14 bits per heavy atom. The molecular weight excluding hydrogens is 582 g/mol. The van der Waals surface area contributed by atoms with E-state index in [9.17, 15) is 26.3 Å². The molecule has 0 atom stereocenters. The second-order valence-corrected chi connectivity index (χ2v) is 10.2. The summed E-state index contributed by atoms with van der Waals surface area (Å²) >= 11 is 0. The Bertz CT molecular complexity index is 2280. The highest BCUT2D eigenvalue weighted by Gasteiger charge is 2.30. The van der Waals surface area contributed by atoms with E-state index in [1.165, 1.54) is 24.3 Å². The lowest BCUT2D eigenvalue weighted by atomic mass is 10.0. The van der Waals surface area contributed by atoms with E-state index in [-0.39, 0.29) is 0 Å². The lowest BCUT2D eigenvalue weighted by molar-refractivity contribution is -0.138. The van der Waals surface area contributed by atoms with Crippen molar-refractivity contribution in [3.8, 4) is 0 Å². The van der Waals surface area contributed by atoms with E-state index in [1.54, 1.807) is 36.4 Å². The second kappa shape index (κ2) is 10.1. The zero-order valence-electron chi connectivity index (χ0n) is 22.5. The van der Waals surface area contributed by atoms with Crippen LogP contribution < -0.4 is 21.5 Å². The van der Waals surface area contributed by atoms with E-state index in [0.29, 0.717) is 65.3 Å². The fraction of sp³-hybridized carbons (Fsp3) is 0.0588. The van der Waals surface area contributed by atoms with Gasteiger partial charge in [-0.15, -0.1) is 0 Å². The minimum absolute atomic E-state index is 0.417. The summed E-state index contributed by atoms with van der Waals surface area (Å²) in [6, 6.07) is 23.9. The first-order valence-corrected chi connectivity index (χ1v) is 13.4. The summed E-state index contributed by atoms with van der Waals surface area (Å²) in [5, 5.41) is 2.62. The maximum absolute atomic E-state index is 13.3. The average Bonchev–Trinajstić information content (AvgIpc) is 3.80. The topological polar surface area (TPSA) is 57.9 Å². The molecule has 0 saturated carbocycles. The summed E-state index contributed by atoms with van der Waals surface area (Å²) in [5.41, 5.74) is 2.46. The van der Waals surface area contributed by atoms with Crippen LogP contribution in [0.1, 0.15) is 22.3 Å². The van der Waals surface area contributed by atoms with Crippen LogP contribution in [0.4, 0.5) is 26.3 Å². The zero-order chi connectivity index (χ0) is 30.6. The molecule has 44 heavy (non-hydrogen) atoms. The monoisotopic (exact) mass is 602 g/mol. The second-order valence-electron chi connectivity index (χ2n) is 10.2. The van der Waals surface area contributed by atoms with Crippen molar-refractivity contribution in [3.05, 3.63) is 162 Å². The molecule has 4 aromatic heterocycles. The minimum Gasteiger partial charge on any atom is -0.453 e. The Morgan fingerprint density at radius 1 is 0.409 bits per heavy atom. The van der Waals surface area contributed by atoms with Gasteiger partial charge >= 0.3 is 12.4 Å². The van der Waals surface area contributed by atoms with Gasteiger partial charge in [0.05, 0.1) is 21.8 Å². The van der Waals surface area contributed by atoms with Crippen molar-refractivity contribution in [1.29, 1.82) is 0 Å². The van der Waals surface area contributed by atoms with Crippen LogP contribution in [0.3, 0.4) is 0 Å². The van der Waals surface area contributed by atoms with Gasteiger partial charge in [-0.2, -0.15) is 26.3 Å². The molecule has 6 aromatic rings. The molecule has 10 heteroatoms. The van der Waals surface area contributed by atoms with Gasteiger partial charge in [-0.1, -0.05) is 24.3 Å². The highest BCUT2D eigenvalue weighted by atomic mass is 19.4. The molecule has 2 N–H and O–H groups in total. The van der Waals surface area contributed by atoms with Crippen molar-refractivity contribution in [3.63, 3.8) is 0 Å². The van der Waals surface area contributed by atoms with E-state index in [1.807, 2.05) is 24.3 Å². The van der Waals surface area contributed by atoms with Gasteiger partial charge in [0.15, 0.2) is 10.8 Å². The number of aromatic nitrogens is 2. The number of benzene rings is 2. The van der Waals surface area contributed by atoms with Crippen LogP contribution in [0.15, 0.2) is 106 Å². The molecule has 0 radical (unpaired) electrons. The van der Waals surface area contributed by atoms with Crippen molar-refractivity contribution in [2.24, 2.45) is 0 Å². The smallest absolute Gasteiger partial charge is 0.416 e. The van der Waals surface area contributed by atoms with Crippen LogP contribution in [0, 0.1) is 21.5 Å². The number of hydrogen-bond donors (Lipinski definition) is 2. The van der Waals surface area contributed by atoms with Gasteiger partial charge in [-0.3, -0.25) is 0 Å². The van der Waals surface area contributed by atoms with Crippen LogP contribution >= 0.6 is 0 Å². The molecule has 220 valence electrons. The first-order chi connectivity index (χ1) is 21.0. The van der Waals surface area contributed by atoms with E-state index < -0.39 is 23.5 Å². The van der Waals surface area contributed by atoms with Gasteiger partial charge in [0.25, 0.3) is 0 Å². The van der Waals surface area contributed by atoms with Gasteiger partial charge in [-0.05, 0) is 96.1 Å². The zero-order valence-corrected chi connectivity index (χ0v) is 22.5. The molecule has 2 aromatic carbocycles. The molecule has 0 aliphatic carbocycles. The van der Waals surface area contributed by atoms with Crippen molar-refractivity contribution < 1.29 is 35.2 Å². The highest BCUT2D eigenvalue weighted by Crippen LogP contribution is 2.31. The lowest BCUT2D eigenvalue weighted by Crippen LogP contribution is -2.11. The SMILES string of the molecule is FC(F)(F)c1ccc(C2=c3ccc([nH]3)=c3cc/c([nH]3)=C(c3ccc(C(F)(F)F)cc3)/C=c3/cc/c(o3)=c3\cc/c(o3)=C/2)cc1. The van der Waals surface area contributed by atoms with E-state index >= 15 is 0 Å². The van der Waals surface area contributed by atoms with Gasteiger partial charge < -0.3 is 18.8 Å². The van der Waals surface area contributed by atoms with Crippen molar-refractivity contribution in [2.75, 3.05) is 0 Å². The van der Waals surface area contributed by atoms with Gasteiger partial charge in [-0.25, -0.2) is 0 Å². The van der Waals surface area contributed by atoms with Crippen molar-refractivity contribution in [1.82, 2.24) is 9.97 Å². The predicted octanol–water partition coefficient (Wildman–Crippen LogP) is 5.81. The quantitative estimate of drug-likeness (QED) is 0.246. The summed E-state index contributed by atoms with van der Waals surface area (Å²) in [4.78, 5) is 6.67. The Kier molecular flexibility index (Phi) is 6.31. The standard InChI is InChI=1S/C34H20F6N2O2/c35-33(36,37)21-5-1-19(2-6-21)25-17-23-9-15-31(43-23)32-16-10-24(44-32)18-26(20-3-7-22(8-4-20)34(38,39)40)28-12-14-30(42-28)29-13-11-27(25)41-29/h1-18,41-42H/b23-17-,24-18-,25-17?,26-18?,27-25+,28-26?,30-29?,32-31-. The van der Waals surface area contributed by atoms with Gasteiger partial charge in [0.1, 0.15) is 10.8 Å². The summed E-state index contributed by atoms with van der Waals surface area (Å²) in [6.45, 7) is 0. The van der Waals surface area contributed by atoms with Gasteiger partial charge in [0.2, 0.25) is 0 Å². The first kappa shape index (κ1) is 27.5. The molecule has 8 bridgehead atoms. The normalized spacial score (nSPS) is 17.1. The number of aromatic amines is 2. The molecule has 0 saturated heterocycles. The third kappa shape index (κ3) is 5.19. The maximum Gasteiger partial charge on any atom is 0.416 e. The van der Waals surface area contributed by atoms with E-state index in [4.69, 9.17) is 8.83 Å². The van der Waals surface area contributed by atoms with Crippen LogP contribution in [0.2, 0.25) is 0 Å². The Morgan fingerprint density at radius 2 is 0.773 bits per heavy atom. The largest absolute Gasteiger partial charge is 0.453 e. The Balaban J connectivity index is 1.54. The maximum atomic E-state index is 13.3. The van der Waals surface area contributed by atoms with E-state index in [0.717, 1.165) is 24.3 Å². The number of hydrogen-bond acceptors (Lipinski definition) is 2. The van der Waals surface area contributed by atoms with Crippen molar-refractivity contribution >= 4 is 23.3 Å². The summed E-state index contributed by atoms with van der Waals surface area (Å²) < 4.78 is 91.6. The third-order valence-corrected chi connectivity index (χ3v) is 7.36. The molecule has 1 aliphatic rings. The fourth-order valence-electron chi connectivity index (χ4n) is 5.14. The van der Waals surface area contributed by atoms with Crippen LogP contribution in [0.5, 0.6) is 0 Å². The highest BCUT2D eigenvalue weighted by molar-refractivity contribution is 5.87. The van der Waals surface area contributed by atoms with Crippen LogP contribution in [-0.2, 0) is 12.4 Å². The van der Waals surface area contributed by atoms with Crippen molar-refractivity contribution in [2.45, 2.75) is 12.4 Å². The molecule has 0 amide bonds. The number of rotatable bonds is 2. The Labute approximate surface area is 243 Å². The van der Waals surface area contributed by atoms with Gasteiger partial charge in [0, 0.05) is 21.8 Å². The molecule has 0 fully saturated rings. The Hall–Kier alpha value is -5.38. The number of furan rings is 2. The molecule has 7 rings (SSSR count). The number of halogens is 6. The minimum atomic E-state index is -4.47. The molecule has 0 unspecified atom stereocenters. The van der Waals surface area contributed by atoms with Crippen LogP contribution in [-0.4, -0.2) is 9.97 Å². The number of nitrogens with one attached hydrogen (secondary N) is 2. The number of alkyl halides is 6. The number of H-pyrrole nitrogens is 2. The number of fused-ring (bicyclic) bond motifs is 8. The molecule has 5 heterocycles. The average molecular weight is 603 g/mol. The van der Waals surface area contributed by atoms with E-state index in [2.05, 4.69) is 9.97 Å². The lowest BCUT2D eigenvalue weighted by Gasteiger charge is -2.08.